The average Bonchev–Trinajstić information content (AvgIpc) is 3.20. The van der Waals surface area contributed by atoms with E-state index in [1.165, 1.54) is 0 Å². The van der Waals surface area contributed by atoms with Crippen LogP contribution in [-0.2, 0) is 29.2 Å². The van der Waals surface area contributed by atoms with E-state index in [2.05, 4.69) is 15.6 Å². The maximum Gasteiger partial charge on any atom is 0.407 e. The number of β-lactam (4-membered cyclic amide) rings is 1. The number of ether oxygens (including phenoxy) is 3. The SMILES string of the molecule is COc1ccc(CN2C(=O)[C@@H](C)[C@H]2Cn2cc(CNC(=O)OC(C)(C)C)nn2)c(OC)c1. The van der Waals surface area contributed by atoms with E-state index < -0.39 is 11.7 Å². The number of nitrogens with zero attached hydrogens (tertiary/aromatic N) is 4. The molecule has 0 radical (unpaired) electrons. The molecule has 0 saturated carbocycles. The summed E-state index contributed by atoms with van der Waals surface area (Å²) in [6.45, 7) is 8.47. The van der Waals surface area contributed by atoms with Crippen LogP contribution < -0.4 is 14.8 Å². The van der Waals surface area contributed by atoms with E-state index in [-0.39, 0.29) is 24.4 Å². The largest absolute Gasteiger partial charge is 0.497 e. The molecule has 174 valence electrons. The predicted molar refractivity (Wildman–Crippen MR) is 116 cm³/mol. The minimum absolute atomic E-state index is 0.0253. The molecule has 3 rings (SSSR count). The van der Waals surface area contributed by atoms with Gasteiger partial charge in [0.25, 0.3) is 0 Å². The number of amides is 2. The molecule has 0 spiro atoms. The molecule has 0 aliphatic carbocycles. The lowest BCUT2D eigenvalue weighted by molar-refractivity contribution is -0.157. The van der Waals surface area contributed by atoms with Crippen LogP contribution in [0.4, 0.5) is 4.79 Å². The average molecular weight is 446 g/mol. The second kappa shape index (κ2) is 9.46. The summed E-state index contributed by atoms with van der Waals surface area (Å²) in [6.07, 6.45) is 1.25. The summed E-state index contributed by atoms with van der Waals surface area (Å²) < 4.78 is 17.6. The molecule has 10 nitrogen and oxygen atoms in total. The number of likely N-dealkylation sites (tertiary alicyclic amines) is 1. The number of rotatable bonds is 8. The van der Waals surface area contributed by atoms with Crippen LogP contribution >= 0.6 is 0 Å². The van der Waals surface area contributed by atoms with Crippen LogP contribution in [0.5, 0.6) is 11.5 Å². The van der Waals surface area contributed by atoms with Gasteiger partial charge in [0.15, 0.2) is 0 Å². The van der Waals surface area contributed by atoms with Crippen molar-refractivity contribution in [2.45, 2.75) is 59.0 Å². The van der Waals surface area contributed by atoms with Crippen LogP contribution in [0.1, 0.15) is 39.0 Å². The number of alkyl carbamates (subject to hydrolysis) is 1. The Bertz CT molecular complexity index is 968. The monoisotopic (exact) mass is 445 g/mol. The number of hydrogen-bond acceptors (Lipinski definition) is 7. The second-order valence-electron chi connectivity index (χ2n) is 8.79. The second-order valence-corrected chi connectivity index (χ2v) is 8.79. The topological polar surface area (TPSA) is 108 Å². The van der Waals surface area contributed by atoms with E-state index in [0.29, 0.717) is 30.3 Å². The summed E-state index contributed by atoms with van der Waals surface area (Å²) >= 11 is 0. The zero-order valence-corrected chi connectivity index (χ0v) is 19.4. The van der Waals surface area contributed by atoms with Crippen LogP contribution in [0.3, 0.4) is 0 Å². The van der Waals surface area contributed by atoms with Gasteiger partial charge in [0, 0.05) is 18.2 Å². The molecule has 1 saturated heterocycles. The van der Waals surface area contributed by atoms with Crippen LogP contribution in [0.25, 0.3) is 0 Å². The molecular formula is C22H31N5O5. The fraction of sp³-hybridized carbons (Fsp3) is 0.545. The third-order valence-electron chi connectivity index (χ3n) is 5.26. The van der Waals surface area contributed by atoms with E-state index in [0.717, 1.165) is 5.56 Å². The van der Waals surface area contributed by atoms with Crippen LogP contribution in [0.15, 0.2) is 24.4 Å². The highest BCUT2D eigenvalue weighted by atomic mass is 16.6. The van der Waals surface area contributed by atoms with Gasteiger partial charge >= 0.3 is 6.09 Å². The van der Waals surface area contributed by atoms with E-state index in [9.17, 15) is 9.59 Å². The highest BCUT2D eigenvalue weighted by Crippen LogP contribution is 2.33. The van der Waals surface area contributed by atoms with Gasteiger partial charge in [-0.25, -0.2) is 4.79 Å². The first kappa shape index (κ1) is 23.4. The fourth-order valence-corrected chi connectivity index (χ4v) is 3.57. The first-order chi connectivity index (χ1) is 15.1. The number of methoxy groups -OCH3 is 2. The molecule has 0 bridgehead atoms. The number of hydrogen-bond donors (Lipinski definition) is 1. The van der Waals surface area contributed by atoms with Gasteiger partial charge in [-0.2, -0.15) is 0 Å². The van der Waals surface area contributed by atoms with Gasteiger partial charge < -0.3 is 24.4 Å². The van der Waals surface area contributed by atoms with Crippen molar-refractivity contribution >= 4 is 12.0 Å². The maximum absolute atomic E-state index is 12.5. The smallest absolute Gasteiger partial charge is 0.407 e. The highest BCUT2D eigenvalue weighted by molar-refractivity contribution is 5.85. The zero-order valence-electron chi connectivity index (χ0n) is 19.4. The standard InChI is InChI=1S/C22H31N5O5/c1-14-18(13-26-12-16(24-25-26)10-23-21(29)32-22(2,3)4)27(20(14)28)11-15-7-8-17(30-5)9-19(15)31-6/h7-9,12,14,18H,10-11,13H2,1-6H3,(H,23,29)/t14-,18+/m0/s1. The van der Waals surface area contributed by atoms with Crippen molar-refractivity contribution in [1.82, 2.24) is 25.2 Å². The van der Waals surface area contributed by atoms with Crippen molar-refractivity contribution in [2.75, 3.05) is 14.2 Å². The van der Waals surface area contributed by atoms with E-state index >= 15 is 0 Å². The van der Waals surface area contributed by atoms with Gasteiger partial charge in [-0.05, 0) is 32.9 Å². The number of nitrogens with one attached hydrogen (secondary N) is 1. The third kappa shape index (κ3) is 5.49. The number of benzene rings is 1. The first-order valence-electron chi connectivity index (χ1n) is 10.5. The van der Waals surface area contributed by atoms with Gasteiger partial charge in [0.2, 0.25) is 5.91 Å². The van der Waals surface area contributed by atoms with E-state index in [4.69, 9.17) is 14.2 Å². The first-order valence-corrected chi connectivity index (χ1v) is 10.5. The molecule has 2 aromatic rings. The number of carbonyl (C=O) groups is 2. The van der Waals surface area contributed by atoms with Gasteiger partial charge in [0.05, 0.1) is 45.5 Å². The van der Waals surface area contributed by atoms with E-state index in [1.54, 1.807) is 51.9 Å². The Kier molecular flexibility index (Phi) is 6.90. The predicted octanol–water partition coefficient (Wildman–Crippen LogP) is 2.37. The molecule has 1 aliphatic heterocycles. The van der Waals surface area contributed by atoms with E-state index in [1.807, 2.05) is 24.0 Å². The van der Waals surface area contributed by atoms with Gasteiger partial charge in [-0.15, -0.1) is 5.10 Å². The molecule has 2 heterocycles. The number of aromatic nitrogens is 3. The molecule has 32 heavy (non-hydrogen) atoms. The Morgan fingerprint density at radius 2 is 1.97 bits per heavy atom. The van der Waals surface area contributed by atoms with Crippen molar-refractivity contribution in [1.29, 1.82) is 0 Å². The Balaban J connectivity index is 1.61. The summed E-state index contributed by atoms with van der Waals surface area (Å²) in [5.41, 5.74) is 0.946. The van der Waals surface area contributed by atoms with Crippen molar-refractivity contribution in [3.8, 4) is 11.5 Å². The van der Waals surface area contributed by atoms with Crippen LogP contribution in [-0.4, -0.2) is 57.8 Å². The Labute approximate surface area is 187 Å². The Morgan fingerprint density at radius 3 is 2.62 bits per heavy atom. The summed E-state index contributed by atoms with van der Waals surface area (Å²) in [4.78, 5) is 26.2. The van der Waals surface area contributed by atoms with Crippen molar-refractivity contribution in [3.63, 3.8) is 0 Å². The lowest BCUT2D eigenvalue weighted by atomic mass is 9.88. The number of carbonyl (C=O) groups excluding carboxylic acids is 2. The molecule has 1 N–H and O–H groups in total. The Morgan fingerprint density at radius 1 is 1.22 bits per heavy atom. The molecule has 2 atom stereocenters. The minimum atomic E-state index is -0.565. The lowest BCUT2D eigenvalue weighted by Gasteiger charge is -2.45. The molecule has 1 aliphatic rings. The fourth-order valence-electron chi connectivity index (χ4n) is 3.57. The van der Waals surface area contributed by atoms with Crippen molar-refractivity contribution in [3.05, 3.63) is 35.7 Å². The quantitative estimate of drug-likeness (QED) is 0.622. The van der Waals surface area contributed by atoms with Crippen molar-refractivity contribution < 1.29 is 23.8 Å². The third-order valence-corrected chi connectivity index (χ3v) is 5.26. The van der Waals surface area contributed by atoms with Crippen molar-refractivity contribution in [2.24, 2.45) is 5.92 Å². The van der Waals surface area contributed by atoms with Crippen LogP contribution in [0, 0.1) is 5.92 Å². The summed E-state index contributed by atoms with van der Waals surface area (Å²) in [5, 5.41) is 10.9. The molecule has 1 aromatic heterocycles. The highest BCUT2D eigenvalue weighted by Gasteiger charge is 2.44. The Hall–Kier alpha value is -3.30. The lowest BCUT2D eigenvalue weighted by Crippen LogP contribution is -2.60. The summed E-state index contributed by atoms with van der Waals surface area (Å²) in [6, 6.07) is 5.53. The maximum atomic E-state index is 12.5. The van der Waals surface area contributed by atoms with Gasteiger partial charge in [-0.3, -0.25) is 9.48 Å². The summed E-state index contributed by atoms with van der Waals surface area (Å²) in [7, 11) is 3.19. The minimum Gasteiger partial charge on any atom is -0.497 e. The van der Waals surface area contributed by atoms with Crippen LogP contribution in [0.2, 0.25) is 0 Å². The zero-order chi connectivity index (χ0) is 23.5. The molecule has 1 aromatic carbocycles. The molecule has 2 amide bonds. The normalized spacial score (nSPS) is 18.2. The summed E-state index contributed by atoms with van der Waals surface area (Å²) in [5.74, 6) is 1.33. The van der Waals surface area contributed by atoms with Gasteiger partial charge in [-0.1, -0.05) is 12.1 Å². The van der Waals surface area contributed by atoms with Gasteiger partial charge in [0.1, 0.15) is 22.8 Å². The molecular weight excluding hydrogens is 414 g/mol. The molecule has 10 heteroatoms. The molecule has 0 unspecified atom stereocenters. The molecule has 1 fully saturated rings.